The second-order valence-corrected chi connectivity index (χ2v) is 7.71. The molecule has 114 valence electrons. The number of carbonyl (C=O) groups excluding carboxylic acids is 1. The summed E-state index contributed by atoms with van der Waals surface area (Å²) in [5, 5.41) is 3.11. The summed E-state index contributed by atoms with van der Waals surface area (Å²) in [6.07, 6.45) is 7.40. The van der Waals surface area contributed by atoms with Crippen molar-refractivity contribution in [1.29, 1.82) is 0 Å². The molecule has 4 rings (SSSR count). The van der Waals surface area contributed by atoms with Crippen LogP contribution in [0.15, 0.2) is 0 Å². The summed E-state index contributed by atoms with van der Waals surface area (Å²) in [4.78, 5) is 12.7. The van der Waals surface area contributed by atoms with E-state index in [4.69, 9.17) is 10.5 Å². The Labute approximate surface area is 121 Å². The molecule has 4 nitrogen and oxygen atoms in total. The first-order valence-corrected chi connectivity index (χ1v) is 8.11. The SMILES string of the molecule is CC12CC3CC(C1)CC(C(=O)NCCOCCN)(C3)C2. The summed E-state index contributed by atoms with van der Waals surface area (Å²) >= 11 is 0. The lowest BCUT2D eigenvalue weighted by molar-refractivity contribution is -0.155. The molecule has 2 atom stereocenters. The van der Waals surface area contributed by atoms with E-state index in [-0.39, 0.29) is 11.3 Å². The van der Waals surface area contributed by atoms with E-state index in [0.717, 1.165) is 31.1 Å². The van der Waals surface area contributed by atoms with Crippen LogP contribution >= 0.6 is 0 Å². The Morgan fingerprint density at radius 2 is 1.95 bits per heavy atom. The highest BCUT2D eigenvalue weighted by atomic mass is 16.5. The van der Waals surface area contributed by atoms with Gasteiger partial charge in [-0.25, -0.2) is 0 Å². The molecule has 4 bridgehead atoms. The average Bonchev–Trinajstić information content (AvgIpc) is 2.35. The molecule has 0 radical (unpaired) electrons. The Hall–Kier alpha value is -0.610. The lowest BCUT2D eigenvalue weighted by atomic mass is 9.44. The molecule has 4 heteroatoms. The first kappa shape index (κ1) is 14.3. The predicted octanol–water partition coefficient (Wildman–Crippen LogP) is 1.68. The maximum atomic E-state index is 12.7. The highest BCUT2D eigenvalue weighted by Gasteiger charge is 2.58. The molecule has 0 heterocycles. The quantitative estimate of drug-likeness (QED) is 0.728. The van der Waals surface area contributed by atoms with E-state index >= 15 is 0 Å². The van der Waals surface area contributed by atoms with Gasteiger partial charge in [0.1, 0.15) is 0 Å². The topological polar surface area (TPSA) is 64.3 Å². The van der Waals surface area contributed by atoms with Crippen LogP contribution in [-0.4, -0.2) is 32.2 Å². The summed E-state index contributed by atoms with van der Waals surface area (Å²) in [6.45, 7) is 4.70. The molecule has 1 amide bonds. The molecule has 0 aromatic heterocycles. The predicted molar refractivity (Wildman–Crippen MR) is 78.1 cm³/mol. The number of ether oxygens (including phenoxy) is 1. The molecule has 20 heavy (non-hydrogen) atoms. The van der Waals surface area contributed by atoms with Crippen LogP contribution in [-0.2, 0) is 9.53 Å². The second-order valence-electron chi connectivity index (χ2n) is 7.71. The van der Waals surface area contributed by atoms with Crippen LogP contribution in [0, 0.1) is 22.7 Å². The van der Waals surface area contributed by atoms with Gasteiger partial charge in [-0.3, -0.25) is 4.79 Å². The highest BCUT2D eigenvalue weighted by Crippen LogP contribution is 2.65. The van der Waals surface area contributed by atoms with Gasteiger partial charge in [0, 0.05) is 13.1 Å². The fraction of sp³-hybridized carbons (Fsp3) is 0.938. The molecule has 0 aliphatic heterocycles. The number of carbonyl (C=O) groups is 1. The molecule has 4 aliphatic carbocycles. The third kappa shape index (κ3) is 2.60. The van der Waals surface area contributed by atoms with Gasteiger partial charge < -0.3 is 15.8 Å². The van der Waals surface area contributed by atoms with Crippen LogP contribution in [0.1, 0.15) is 45.4 Å². The maximum absolute atomic E-state index is 12.7. The molecule has 4 aliphatic rings. The number of nitrogens with one attached hydrogen (secondary N) is 1. The van der Waals surface area contributed by atoms with Crippen LogP contribution < -0.4 is 11.1 Å². The largest absolute Gasteiger partial charge is 0.378 e. The monoisotopic (exact) mass is 280 g/mol. The van der Waals surface area contributed by atoms with Crippen molar-refractivity contribution in [2.24, 2.45) is 28.4 Å². The van der Waals surface area contributed by atoms with Gasteiger partial charge in [-0.15, -0.1) is 0 Å². The van der Waals surface area contributed by atoms with E-state index in [9.17, 15) is 4.79 Å². The Morgan fingerprint density at radius 1 is 1.25 bits per heavy atom. The van der Waals surface area contributed by atoms with E-state index in [1.54, 1.807) is 0 Å². The van der Waals surface area contributed by atoms with Crippen LogP contribution in [0.5, 0.6) is 0 Å². The Balaban J connectivity index is 1.57. The number of nitrogens with two attached hydrogens (primary N) is 1. The number of hydrogen-bond donors (Lipinski definition) is 2. The van der Waals surface area contributed by atoms with Gasteiger partial charge in [0.15, 0.2) is 0 Å². The first-order chi connectivity index (χ1) is 9.55. The number of amides is 1. The molecule has 4 fully saturated rings. The van der Waals surface area contributed by atoms with E-state index in [2.05, 4.69) is 12.2 Å². The van der Waals surface area contributed by atoms with Gasteiger partial charge in [-0.1, -0.05) is 6.92 Å². The molecule has 4 saturated carbocycles. The van der Waals surface area contributed by atoms with E-state index in [1.165, 1.54) is 19.3 Å². The van der Waals surface area contributed by atoms with Crippen molar-refractivity contribution >= 4 is 5.91 Å². The van der Waals surface area contributed by atoms with Gasteiger partial charge in [0.2, 0.25) is 5.91 Å². The van der Waals surface area contributed by atoms with Crippen molar-refractivity contribution in [2.45, 2.75) is 45.4 Å². The first-order valence-electron chi connectivity index (χ1n) is 8.11. The molecular formula is C16H28N2O2. The van der Waals surface area contributed by atoms with E-state index in [1.807, 2.05) is 0 Å². The third-order valence-electron chi connectivity index (χ3n) is 5.63. The van der Waals surface area contributed by atoms with E-state index in [0.29, 0.717) is 31.7 Å². The molecule has 0 saturated heterocycles. The fourth-order valence-electron chi connectivity index (χ4n) is 5.60. The molecule has 2 unspecified atom stereocenters. The van der Waals surface area contributed by atoms with Crippen molar-refractivity contribution in [3.63, 3.8) is 0 Å². The Kier molecular flexibility index (Phi) is 3.80. The van der Waals surface area contributed by atoms with Gasteiger partial charge >= 0.3 is 0 Å². The van der Waals surface area contributed by atoms with Gasteiger partial charge in [0.25, 0.3) is 0 Å². The van der Waals surface area contributed by atoms with Crippen LogP contribution in [0.25, 0.3) is 0 Å². The summed E-state index contributed by atoms with van der Waals surface area (Å²) in [5.74, 6) is 1.87. The highest BCUT2D eigenvalue weighted by molar-refractivity contribution is 5.83. The molecule has 0 spiro atoms. The second kappa shape index (κ2) is 5.30. The standard InChI is InChI=1S/C16H28N2O2/c1-15-7-12-6-13(8-15)10-16(9-12,11-15)14(19)18-3-5-20-4-2-17/h12-13H,2-11,17H2,1H3,(H,18,19). The maximum Gasteiger partial charge on any atom is 0.226 e. The summed E-state index contributed by atoms with van der Waals surface area (Å²) in [7, 11) is 0. The normalized spacial score (nSPS) is 41.9. The van der Waals surface area contributed by atoms with Gasteiger partial charge in [-0.05, 0) is 55.8 Å². The molecule has 3 N–H and O–H groups in total. The van der Waals surface area contributed by atoms with E-state index < -0.39 is 0 Å². The minimum absolute atomic E-state index is 0.0628. The minimum Gasteiger partial charge on any atom is -0.378 e. The van der Waals surface area contributed by atoms with Crippen molar-refractivity contribution in [1.82, 2.24) is 5.32 Å². The smallest absolute Gasteiger partial charge is 0.226 e. The molecule has 0 aromatic carbocycles. The lowest BCUT2D eigenvalue weighted by Crippen LogP contribution is -2.57. The zero-order valence-electron chi connectivity index (χ0n) is 12.6. The number of hydrogen-bond acceptors (Lipinski definition) is 3. The summed E-state index contributed by atoms with van der Waals surface area (Å²) in [6, 6.07) is 0. The summed E-state index contributed by atoms with van der Waals surface area (Å²) < 4.78 is 5.33. The molecule has 0 aromatic rings. The van der Waals surface area contributed by atoms with Crippen LogP contribution in [0.2, 0.25) is 0 Å². The Morgan fingerprint density at radius 3 is 2.55 bits per heavy atom. The van der Waals surface area contributed by atoms with Crippen molar-refractivity contribution < 1.29 is 9.53 Å². The number of rotatable bonds is 6. The third-order valence-corrected chi connectivity index (χ3v) is 5.63. The van der Waals surface area contributed by atoms with Crippen molar-refractivity contribution in [2.75, 3.05) is 26.3 Å². The van der Waals surface area contributed by atoms with Gasteiger partial charge in [-0.2, -0.15) is 0 Å². The zero-order chi connectivity index (χ0) is 14.2. The van der Waals surface area contributed by atoms with Crippen LogP contribution in [0.3, 0.4) is 0 Å². The van der Waals surface area contributed by atoms with Crippen molar-refractivity contribution in [3.05, 3.63) is 0 Å². The minimum atomic E-state index is -0.0628. The van der Waals surface area contributed by atoms with Crippen LogP contribution in [0.4, 0.5) is 0 Å². The fourth-order valence-corrected chi connectivity index (χ4v) is 5.60. The van der Waals surface area contributed by atoms with Gasteiger partial charge in [0.05, 0.1) is 18.6 Å². The average molecular weight is 280 g/mol. The summed E-state index contributed by atoms with van der Waals surface area (Å²) in [5.41, 5.74) is 5.74. The Bertz CT molecular complexity index is 369. The lowest BCUT2D eigenvalue weighted by Gasteiger charge is -2.60. The molecular weight excluding hydrogens is 252 g/mol. The van der Waals surface area contributed by atoms with Crippen molar-refractivity contribution in [3.8, 4) is 0 Å². The zero-order valence-corrected chi connectivity index (χ0v) is 12.6.